The summed E-state index contributed by atoms with van der Waals surface area (Å²) in [6.45, 7) is 6.53. The highest BCUT2D eigenvalue weighted by atomic mass is 16.2. The summed E-state index contributed by atoms with van der Waals surface area (Å²) in [5.74, 6) is 1.02. The Morgan fingerprint density at radius 2 is 1.68 bits per heavy atom. The van der Waals surface area contributed by atoms with Crippen molar-refractivity contribution < 1.29 is 4.79 Å². The van der Waals surface area contributed by atoms with Gasteiger partial charge in [-0.15, -0.1) is 0 Å². The SMILES string of the molecule is CC(C(=O)N1[C@H](C)CCC[C@@H]1C)C1CCCC(N)C1. The molecule has 1 aliphatic heterocycles. The van der Waals surface area contributed by atoms with Crippen molar-refractivity contribution in [2.45, 2.75) is 83.8 Å². The second-order valence-electron chi connectivity index (χ2n) is 6.85. The molecule has 5 atom stereocenters. The molecular weight excluding hydrogens is 236 g/mol. The third kappa shape index (κ3) is 3.31. The van der Waals surface area contributed by atoms with Crippen LogP contribution in [0.3, 0.4) is 0 Å². The Morgan fingerprint density at radius 1 is 1.11 bits per heavy atom. The van der Waals surface area contributed by atoms with E-state index in [9.17, 15) is 4.79 Å². The molecule has 0 spiro atoms. The van der Waals surface area contributed by atoms with Crippen LogP contribution in [0.2, 0.25) is 0 Å². The van der Waals surface area contributed by atoms with Crippen molar-refractivity contribution in [3.63, 3.8) is 0 Å². The van der Waals surface area contributed by atoms with E-state index in [1.54, 1.807) is 0 Å². The zero-order chi connectivity index (χ0) is 14.0. The first kappa shape index (κ1) is 14.8. The first-order valence-electron chi connectivity index (χ1n) is 8.08. The largest absolute Gasteiger partial charge is 0.337 e. The molecule has 2 N–H and O–H groups in total. The van der Waals surface area contributed by atoms with Gasteiger partial charge in [-0.05, 0) is 58.3 Å². The minimum absolute atomic E-state index is 0.148. The predicted molar refractivity (Wildman–Crippen MR) is 78.7 cm³/mol. The molecule has 19 heavy (non-hydrogen) atoms. The lowest BCUT2D eigenvalue weighted by atomic mass is 9.77. The van der Waals surface area contributed by atoms with E-state index in [0.717, 1.165) is 25.7 Å². The zero-order valence-corrected chi connectivity index (χ0v) is 12.8. The predicted octanol–water partition coefficient (Wildman–Crippen LogP) is 2.93. The Labute approximate surface area is 117 Å². The number of piperidine rings is 1. The zero-order valence-electron chi connectivity index (χ0n) is 12.8. The van der Waals surface area contributed by atoms with Gasteiger partial charge in [-0.2, -0.15) is 0 Å². The van der Waals surface area contributed by atoms with Crippen molar-refractivity contribution in [1.29, 1.82) is 0 Å². The summed E-state index contributed by atoms with van der Waals surface area (Å²) in [5, 5.41) is 0. The second kappa shape index (κ2) is 6.25. The van der Waals surface area contributed by atoms with Crippen molar-refractivity contribution in [1.82, 2.24) is 4.90 Å². The fraction of sp³-hybridized carbons (Fsp3) is 0.938. The van der Waals surface area contributed by atoms with E-state index in [-0.39, 0.29) is 5.92 Å². The number of hydrogen-bond donors (Lipinski definition) is 1. The summed E-state index contributed by atoms with van der Waals surface area (Å²) >= 11 is 0. The molecule has 3 nitrogen and oxygen atoms in total. The molecule has 2 fully saturated rings. The van der Waals surface area contributed by atoms with Crippen LogP contribution in [0.1, 0.15) is 65.7 Å². The highest BCUT2D eigenvalue weighted by Gasteiger charge is 2.35. The minimum atomic E-state index is 0.148. The Bertz CT molecular complexity index is 308. The molecule has 0 aromatic rings. The lowest BCUT2D eigenvalue weighted by Crippen LogP contribution is -2.51. The first-order chi connectivity index (χ1) is 9.00. The van der Waals surface area contributed by atoms with Crippen molar-refractivity contribution in [2.24, 2.45) is 17.6 Å². The van der Waals surface area contributed by atoms with Crippen LogP contribution < -0.4 is 5.73 Å². The highest BCUT2D eigenvalue weighted by Crippen LogP contribution is 2.33. The third-order valence-corrected chi connectivity index (χ3v) is 5.30. The maximum absolute atomic E-state index is 12.8. The fourth-order valence-corrected chi connectivity index (χ4v) is 4.01. The molecule has 1 amide bonds. The Balaban J connectivity index is 2.01. The average molecular weight is 266 g/mol. The lowest BCUT2D eigenvalue weighted by Gasteiger charge is -2.42. The van der Waals surface area contributed by atoms with E-state index >= 15 is 0 Å². The van der Waals surface area contributed by atoms with Crippen LogP contribution in [0.5, 0.6) is 0 Å². The van der Waals surface area contributed by atoms with E-state index < -0.39 is 0 Å². The van der Waals surface area contributed by atoms with Crippen LogP contribution in [0.4, 0.5) is 0 Å². The van der Waals surface area contributed by atoms with Crippen molar-refractivity contribution >= 4 is 5.91 Å². The van der Waals surface area contributed by atoms with Crippen LogP contribution in [0.15, 0.2) is 0 Å². The molecule has 1 heterocycles. The van der Waals surface area contributed by atoms with Gasteiger partial charge in [-0.3, -0.25) is 4.79 Å². The molecule has 0 bridgehead atoms. The quantitative estimate of drug-likeness (QED) is 0.835. The van der Waals surface area contributed by atoms with Gasteiger partial charge >= 0.3 is 0 Å². The maximum atomic E-state index is 12.8. The average Bonchev–Trinajstić information content (AvgIpc) is 2.37. The topological polar surface area (TPSA) is 46.3 Å². The second-order valence-corrected chi connectivity index (χ2v) is 6.85. The van der Waals surface area contributed by atoms with Crippen LogP contribution in [-0.4, -0.2) is 28.9 Å². The molecule has 0 aromatic carbocycles. The van der Waals surface area contributed by atoms with Gasteiger partial charge in [0.25, 0.3) is 0 Å². The maximum Gasteiger partial charge on any atom is 0.226 e. The van der Waals surface area contributed by atoms with Crippen LogP contribution in [-0.2, 0) is 4.79 Å². The number of nitrogens with two attached hydrogens (primary N) is 1. The normalized spacial score (nSPS) is 38.0. The molecule has 2 aliphatic rings. The number of carbonyl (C=O) groups excluding carboxylic acids is 1. The monoisotopic (exact) mass is 266 g/mol. The number of nitrogens with zero attached hydrogens (tertiary/aromatic N) is 1. The van der Waals surface area contributed by atoms with E-state index in [1.165, 1.54) is 19.3 Å². The van der Waals surface area contributed by atoms with E-state index in [4.69, 9.17) is 5.73 Å². The van der Waals surface area contributed by atoms with Gasteiger partial charge < -0.3 is 10.6 Å². The van der Waals surface area contributed by atoms with Crippen molar-refractivity contribution in [3.8, 4) is 0 Å². The van der Waals surface area contributed by atoms with E-state index in [0.29, 0.717) is 30.0 Å². The summed E-state index contributed by atoms with van der Waals surface area (Å²) < 4.78 is 0. The minimum Gasteiger partial charge on any atom is -0.337 e. The van der Waals surface area contributed by atoms with Crippen LogP contribution in [0.25, 0.3) is 0 Å². The van der Waals surface area contributed by atoms with Crippen LogP contribution in [0, 0.1) is 11.8 Å². The number of amides is 1. The lowest BCUT2D eigenvalue weighted by molar-refractivity contribution is -0.143. The highest BCUT2D eigenvalue weighted by molar-refractivity contribution is 5.79. The summed E-state index contributed by atoms with van der Waals surface area (Å²) in [6, 6.07) is 1.14. The van der Waals surface area contributed by atoms with E-state index in [2.05, 4.69) is 25.7 Å². The summed E-state index contributed by atoms with van der Waals surface area (Å²) in [7, 11) is 0. The summed E-state index contributed by atoms with van der Waals surface area (Å²) in [6.07, 6.45) is 8.11. The molecule has 1 saturated heterocycles. The third-order valence-electron chi connectivity index (χ3n) is 5.30. The first-order valence-corrected chi connectivity index (χ1v) is 8.08. The number of likely N-dealkylation sites (tertiary alicyclic amines) is 1. The Kier molecular flexibility index (Phi) is 4.88. The van der Waals surface area contributed by atoms with Crippen molar-refractivity contribution in [3.05, 3.63) is 0 Å². The van der Waals surface area contributed by atoms with Crippen molar-refractivity contribution in [2.75, 3.05) is 0 Å². The van der Waals surface area contributed by atoms with E-state index in [1.807, 2.05) is 0 Å². The summed E-state index contributed by atoms with van der Waals surface area (Å²) in [5.41, 5.74) is 6.07. The molecule has 0 radical (unpaired) electrons. The van der Waals surface area contributed by atoms with Gasteiger partial charge in [0, 0.05) is 24.0 Å². The fourth-order valence-electron chi connectivity index (χ4n) is 4.01. The van der Waals surface area contributed by atoms with Gasteiger partial charge in [0.1, 0.15) is 0 Å². The molecule has 3 heteroatoms. The number of rotatable bonds is 2. The van der Waals surface area contributed by atoms with Gasteiger partial charge in [-0.1, -0.05) is 13.3 Å². The molecule has 0 aromatic heterocycles. The molecule has 1 saturated carbocycles. The molecular formula is C16H30N2O. The standard InChI is InChI=1S/C16H30N2O/c1-11-6-4-7-12(2)18(11)16(19)13(3)14-8-5-9-15(17)10-14/h11-15H,4-10,17H2,1-3H3/t11-,12+,13?,14?,15?. The Morgan fingerprint density at radius 3 is 2.26 bits per heavy atom. The molecule has 110 valence electrons. The summed E-state index contributed by atoms with van der Waals surface area (Å²) in [4.78, 5) is 15.0. The van der Waals surface area contributed by atoms with Crippen LogP contribution >= 0.6 is 0 Å². The number of hydrogen-bond acceptors (Lipinski definition) is 2. The number of carbonyl (C=O) groups is 1. The molecule has 3 unspecified atom stereocenters. The van der Waals surface area contributed by atoms with Gasteiger partial charge in [-0.25, -0.2) is 0 Å². The molecule has 1 aliphatic carbocycles. The van der Waals surface area contributed by atoms with Gasteiger partial charge in [0.05, 0.1) is 0 Å². The van der Waals surface area contributed by atoms with Gasteiger partial charge in [0.2, 0.25) is 5.91 Å². The smallest absolute Gasteiger partial charge is 0.226 e. The molecule has 2 rings (SSSR count). The van der Waals surface area contributed by atoms with Gasteiger partial charge in [0.15, 0.2) is 0 Å². The Hall–Kier alpha value is -0.570.